The van der Waals surface area contributed by atoms with Crippen molar-refractivity contribution >= 4 is 11.4 Å². The number of nitrogens with zero attached hydrogens (tertiary/aromatic N) is 2. The molecule has 0 spiro atoms. The lowest BCUT2D eigenvalue weighted by atomic mass is 9.99. The van der Waals surface area contributed by atoms with Gasteiger partial charge in [-0.15, -0.1) is 0 Å². The Morgan fingerprint density at radius 2 is 2.14 bits per heavy atom. The van der Waals surface area contributed by atoms with Crippen LogP contribution in [0.3, 0.4) is 0 Å². The van der Waals surface area contributed by atoms with Gasteiger partial charge in [-0.3, -0.25) is 0 Å². The van der Waals surface area contributed by atoms with Gasteiger partial charge in [-0.2, -0.15) is 5.26 Å². The molecule has 4 N–H and O–H groups in total. The Labute approximate surface area is 130 Å². The lowest BCUT2D eigenvalue weighted by Crippen LogP contribution is -2.02. The Hall–Kier alpha value is -2.58. The van der Waals surface area contributed by atoms with Crippen LogP contribution >= 0.6 is 0 Å². The van der Waals surface area contributed by atoms with Gasteiger partial charge >= 0.3 is 0 Å². The third-order valence-electron chi connectivity index (χ3n) is 3.68. The van der Waals surface area contributed by atoms with Crippen molar-refractivity contribution in [2.75, 3.05) is 24.7 Å². The van der Waals surface area contributed by atoms with E-state index in [1.165, 1.54) is 5.56 Å². The van der Waals surface area contributed by atoms with Crippen molar-refractivity contribution in [2.24, 2.45) is 0 Å². The van der Waals surface area contributed by atoms with E-state index in [9.17, 15) is 0 Å². The van der Waals surface area contributed by atoms with E-state index in [0.29, 0.717) is 17.1 Å². The molecular weight excluding hydrogens is 276 g/mol. The molecule has 0 saturated carbocycles. The van der Waals surface area contributed by atoms with Gasteiger partial charge in [0.1, 0.15) is 6.07 Å². The number of nitrogens with one attached hydrogen (secondary N) is 1. The number of aryl methyl sites for hydroxylation is 2. The first-order valence-electron chi connectivity index (χ1n) is 7.19. The molecule has 0 aliphatic heterocycles. The van der Waals surface area contributed by atoms with Crippen LogP contribution in [0.2, 0.25) is 0 Å². The van der Waals surface area contributed by atoms with Gasteiger partial charge in [0.2, 0.25) is 0 Å². The summed E-state index contributed by atoms with van der Waals surface area (Å²) < 4.78 is 0. The molecule has 0 saturated heterocycles. The van der Waals surface area contributed by atoms with Crippen LogP contribution in [0.15, 0.2) is 24.3 Å². The molecule has 2 rings (SSSR count). The molecule has 0 unspecified atom stereocenters. The number of benzene rings is 1. The molecule has 0 bridgehead atoms. The smallest absolute Gasteiger partial charge is 0.166 e. The van der Waals surface area contributed by atoms with Crippen molar-refractivity contribution in [1.82, 2.24) is 4.98 Å². The number of hydrogen-bond acceptors (Lipinski definition) is 5. The average Bonchev–Trinajstić information content (AvgIpc) is 2.54. The van der Waals surface area contributed by atoms with E-state index in [2.05, 4.69) is 10.3 Å². The van der Waals surface area contributed by atoms with Gasteiger partial charge in [-0.25, -0.2) is 4.98 Å². The molecule has 0 aliphatic rings. The van der Waals surface area contributed by atoms with Crippen LogP contribution in [-0.2, 0) is 6.42 Å². The fraction of sp³-hybridized carbons (Fsp3) is 0.294. The monoisotopic (exact) mass is 296 g/mol. The summed E-state index contributed by atoms with van der Waals surface area (Å²) in [7, 11) is 1.76. The fourth-order valence-corrected chi connectivity index (χ4v) is 2.40. The van der Waals surface area contributed by atoms with Gasteiger partial charge in [0.15, 0.2) is 5.69 Å². The second-order valence-corrected chi connectivity index (χ2v) is 5.15. The molecular formula is C17H20N4O. The fourth-order valence-electron chi connectivity index (χ4n) is 2.40. The summed E-state index contributed by atoms with van der Waals surface area (Å²) in [5, 5.41) is 21.1. The van der Waals surface area contributed by atoms with Gasteiger partial charge in [0.05, 0.1) is 17.1 Å². The van der Waals surface area contributed by atoms with Crippen LogP contribution in [0, 0.1) is 18.3 Å². The molecule has 5 heteroatoms. The van der Waals surface area contributed by atoms with Gasteiger partial charge in [-0.05, 0) is 43.0 Å². The molecule has 1 aromatic heterocycles. The minimum absolute atomic E-state index is 0.192. The maximum absolute atomic E-state index is 9.16. The number of pyridine rings is 1. The Bertz CT molecular complexity index is 719. The van der Waals surface area contributed by atoms with Crippen LogP contribution < -0.4 is 11.1 Å². The molecule has 1 aromatic carbocycles. The second-order valence-electron chi connectivity index (χ2n) is 5.15. The van der Waals surface area contributed by atoms with Crippen LogP contribution in [0.1, 0.15) is 23.2 Å². The summed E-state index contributed by atoms with van der Waals surface area (Å²) in [6.45, 7) is 2.23. The number of nitrogens with two attached hydrogens (primary N) is 1. The van der Waals surface area contributed by atoms with Crippen molar-refractivity contribution < 1.29 is 5.11 Å². The predicted octanol–water partition coefficient (Wildman–Crippen LogP) is 2.48. The Kier molecular flexibility index (Phi) is 4.97. The van der Waals surface area contributed by atoms with Crippen molar-refractivity contribution in [1.29, 1.82) is 5.26 Å². The number of nitriles is 1. The van der Waals surface area contributed by atoms with Crippen molar-refractivity contribution in [3.8, 4) is 17.3 Å². The first kappa shape index (κ1) is 15.8. The number of aromatic nitrogens is 1. The van der Waals surface area contributed by atoms with Crippen molar-refractivity contribution in [3.05, 3.63) is 41.1 Å². The predicted molar refractivity (Wildman–Crippen MR) is 88.5 cm³/mol. The summed E-state index contributed by atoms with van der Waals surface area (Å²) in [5.41, 5.74) is 11.2. The number of rotatable bonds is 5. The quantitative estimate of drug-likeness (QED) is 0.788. The van der Waals surface area contributed by atoms with E-state index in [1.54, 1.807) is 7.05 Å². The topological polar surface area (TPSA) is 95.0 Å². The summed E-state index contributed by atoms with van der Waals surface area (Å²) in [5.74, 6) is 0. The summed E-state index contributed by atoms with van der Waals surface area (Å²) >= 11 is 0. The molecule has 0 atom stereocenters. The van der Waals surface area contributed by atoms with Crippen molar-refractivity contribution in [2.45, 2.75) is 19.8 Å². The van der Waals surface area contributed by atoms with E-state index < -0.39 is 0 Å². The standard InChI is InChI=1S/C17H20N4O/c1-11-8-13(6-5-12(11)4-3-7-22)14-9-15(20-2)17(19)16(10-18)21-14/h5-6,8-9,22H,3-4,7,19H2,1-2H3,(H,20,21). The van der Waals surface area contributed by atoms with E-state index in [4.69, 9.17) is 16.1 Å². The van der Waals surface area contributed by atoms with E-state index in [0.717, 1.165) is 24.0 Å². The Balaban J connectivity index is 2.44. The number of aliphatic hydroxyl groups is 1. The summed E-state index contributed by atoms with van der Waals surface area (Å²) in [6, 6.07) is 9.95. The SMILES string of the molecule is CNc1cc(-c2ccc(CCCO)c(C)c2)nc(C#N)c1N. The first-order chi connectivity index (χ1) is 10.6. The van der Waals surface area contributed by atoms with E-state index in [-0.39, 0.29) is 12.3 Å². The Morgan fingerprint density at radius 3 is 2.73 bits per heavy atom. The number of aliphatic hydroxyl groups excluding tert-OH is 1. The third-order valence-corrected chi connectivity index (χ3v) is 3.68. The van der Waals surface area contributed by atoms with E-state index >= 15 is 0 Å². The number of hydrogen-bond donors (Lipinski definition) is 3. The highest BCUT2D eigenvalue weighted by molar-refractivity contribution is 5.77. The highest BCUT2D eigenvalue weighted by Crippen LogP contribution is 2.28. The lowest BCUT2D eigenvalue weighted by Gasteiger charge is -2.11. The lowest BCUT2D eigenvalue weighted by molar-refractivity contribution is 0.288. The van der Waals surface area contributed by atoms with Gasteiger partial charge in [0.25, 0.3) is 0 Å². The third kappa shape index (κ3) is 3.18. The molecule has 5 nitrogen and oxygen atoms in total. The highest BCUT2D eigenvalue weighted by Gasteiger charge is 2.11. The first-order valence-corrected chi connectivity index (χ1v) is 7.19. The van der Waals surface area contributed by atoms with E-state index in [1.807, 2.05) is 37.3 Å². The van der Waals surface area contributed by atoms with Crippen LogP contribution in [0.5, 0.6) is 0 Å². The minimum Gasteiger partial charge on any atom is -0.396 e. The zero-order valence-electron chi connectivity index (χ0n) is 12.8. The molecule has 2 aromatic rings. The average molecular weight is 296 g/mol. The molecule has 22 heavy (non-hydrogen) atoms. The van der Waals surface area contributed by atoms with Crippen LogP contribution in [-0.4, -0.2) is 23.7 Å². The van der Waals surface area contributed by atoms with Crippen LogP contribution in [0.25, 0.3) is 11.3 Å². The summed E-state index contributed by atoms with van der Waals surface area (Å²) in [6.07, 6.45) is 1.60. The molecule has 114 valence electrons. The number of anilines is 2. The van der Waals surface area contributed by atoms with Gasteiger partial charge in [0, 0.05) is 19.2 Å². The van der Waals surface area contributed by atoms with Gasteiger partial charge in [-0.1, -0.05) is 12.1 Å². The minimum atomic E-state index is 0.192. The maximum atomic E-state index is 9.16. The maximum Gasteiger partial charge on any atom is 0.166 e. The molecule has 0 radical (unpaired) electrons. The molecule has 1 heterocycles. The highest BCUT2D eigenvalue weighted by atomic mass is 16.2. The molecule has 0 aliphatic carbocycles. The van der Waals surface area contributed by atoms with Crippen LogP contribution in [0.4, 0.5) is 11.4 Å². The number of nitrogen functional groups attached to an aromatic ring is 1. The zero-order valence-corrected chi connectivity index (χ0v) is 12.8. The normalized spacial score (nSPS) is 10.3. The largest absolute Gasteiger partial charge is 0.396 e. The summed E-state index contributed by atoms with van der Waals surface area (Å²) in [4.78, 5) is 4.34. The second kappa shape index (κ2) is 6.92. The Morgan fingerprint density at radius 1 is 1.36 bits per heavy atom. The zero-order chi connectivity index (χ0) is 16.1. The molecule has 0 fully saturated rings. The van der Waals surface area contributed by atoms with Crippen molar-refractivity contribution in [3.63, 3.8) is 0 Å². The van der Waals surface area contributed by atoms with Gasteiger partial charge < -0.3 is 16.2 Å². The molecule has 0 amide bonds.